The van der Waals surface area contributed by atoms with Gasteiger partial charge < -0.3 is 25.7 Å². The first-order valence-corrected chi connectivity index (χ1v) is 10.6. The maximum absolute atomic E-state index is 11.6. The summed E-state index contributed by atoms with van der Waals surface area (Å²) < 4.78 is 7.58. The highest BCUT2D eigenvalue weighted by Crippen LogP contribution is 2.25. The number of carbonyl (C=O) groups excluding carboxylic acids is 1. The highest BCUT2D eigenvalue weighted by molar-refractivity contribution is 6.30. The minimum atomic E-state index is -0.858. The Morgan fingerprint density at radius 1 is 1.15 bits per heavy atom. The fourth-order valence-electron chi connectivity index (χ4n) is 3.16. The molecule has 0 atom stereocenters. The first-order chi connectivity index (χ1) is 15.7. The highest BCUT2D eigenvalue weighted by Gasteiger charge is 2.24. The lowest BCUT2D eigenvalue weighted by Crippen LogP contribution is -2.44. The summed E-state index contributed by atoms with van der Waals surface area (Å²) in [5.74, 6) is 0.931. The lowest BCUT2D eigenvalue weighted by molar-refractivity contribution is -0.121. The van der Waals surface area contributed by atoms with E-state index < -0.39 is 11.4 Å². The normalized spacial score (nSPS) is 11.4. The van der Waals surface area contributed by atoms with Gasteiger partial charge >= 0.3 is 6.01 Å². The number of carbonyl (C=O) groups is 1. The van der Waals surface area contributed by atoms with Crippen molar-refractivity contribution >= 4 is 40.2 Å². The Hall–Kier alpha value is -3.85. The molecule has 1 amide bonds. The van der Waals surface area contributed by atoms with Gasteiger partial charge in [-0.25, -0.2) is 15.0 Å². The molecule has 9 nitrogen and oxygen atoms in total. The van der Waals surface area contributed by atoms with Gasteiger partial charge in [0.05, 0.1) is 28.4 Å². The van der Waals surface area contributed by atoms with Crippen LogP contribution < -0.4 is 21.1 Å². The van der Waals surface area contributed by atoms with Crippen LogP contribution in [0.1, 0.15) is 19.4 Å². The summed E-state index contributed by atoms with van der Waals surface area (Å²) in [5, 5.41) is 6.97. The van der Waals surface area contributed by atoms with Crippen molar-refractivity contribution in [2.24, 2.45) is 12.8 Å². The van der Waals surface area contributed by atoms with Crippen LogP contribution in [0.15, 0.2) is 54.9 Å². The number of nitrogens with zero attached hydrogens (tertiary/aromatic N) is 4. The number of primary amides is 1. The van der Waals surface area contributed by atoms with Crippen molar-refractivity contribution in [1.82, 2.24) is 19.5 Å². The Morgan fingerprint density at radius 3 is 2.52 bits per heavy atom. The first kappa shape index (κ1) is 22.3. The number of anilines is 2. The van der Waals surface area contributed by atoms with Gasteiger partial charge in [-0.3, -0.25) is 4.79 Å². The first-order valence-electron chi connectivity index (χ1n) is 10.2. The summed E-state index contributed by atoms with van der Waals surface area (Å²) in [6, 6.07) is 13.6. The number of fused-ring (bicyclic) bond motifs is 1. The average molecular weight is 466 g/mol. The molecule has 170 valence electrons. The standard InChI is InChI=1S/C23H24ClN7O2/c1-23(2,20(25)32)30-16-6-9-18-19(10-16)31(3)21(29-18)26-11-14-4-7-17(8-5-14)33-22-27-12-15(24)13-28-22/h4-10,12-13,30H,11H2,1-3H3,(H2,25,32)(H,26,29). The molecule has 0 bridgehead atoms. The molecule has 0 radical (unpaired) electrons. The molecule has 0 fully saturated rings. The molecule has 2 heterocycles. The van der Waals surface area contributed by atoms with Crippen molar-refractivity contribution in [1.29, 1.82) is 0 Å². The number of hydrogen-bond donors (Lipinski definition) is 3. The van der Waals surface area contributed by atoms with Crippen LogP contribution in [-0.2, 0) is 18.4 Å². The van der Waals surface area contributed by atoms with Gasteiger partial charge in [-0.1, -0.05) is 23.7 Å². The third-order valence-electron chi connectivity index (χ3n) is 5.13. The molecule has 2 aromatic carbocycles. The smallest absolute Gasteiger partial charge is 0.321 e. The van der Waals surface area contributed by atoms with Crippen molar-refractivity contribution in [2.75, 3.05) is 10.6 Å². The third kappa shape index (κ3) is 5.15. The van der Waals surface area contributed by atoms with E-state index in [-0.39, 0.29) is 6.01 Å². The van der Waals surface area contributed by atoms with Crippen LogP contribution in [0.2, 0.25) is 5.02 Å². The van der Waals surface area contributed by atoms with E-state index in [0.29, 0.717) is 17.3 Å². The van der Waals surface area contributed by atoms with Crippen LogP contribution in [0, 0.1) is 0 Å². The Bertz CT molecular complexity index is 1280. The van der Waals surface area contributed by atoms with E-state index in [9.17, 15) is 4.79 Å². The minimum absolute atomic E-state index is 0.234. The quantitative estimate of drug-likeness (QED) is 0.358. The van der Waals surface area contributed by atoms with Gasteiger partial charge in [0.2, 0.25) is 11.9 Å². The van der Waals surface area contributed by atoms with Gasteiger partial charge in [-0.15, -0.1) is 0 Å². The van der Waals surface area contributed by atoms with Gasteiger partial charge in [0.25, 0.3) is 0 Å². The molecule has 0 aliphatic heterocycles. The third-order valence-corrected chi connectivity index (χ3v) is 5.33. The van der Waals surface area contributed by atoms with Crippen LogP contribution in [0.5, 0.6) is 11.8 Å². The SMILES string of the molecule is Cn1c(NCc2ccc(Oc3ncc(Cl)cn3)cc2)nc2ccc(NC(C)(C)C(N)=O)cc21. The molecule has 2 aromatic heterocycles. The fraction of sp³-hybridized carbons (Fsp3) is 0.217. The fourth-order valence-corrected chi connectivity index (χ4v) is 3.26. The molecule has 4 aromatic rings. The van der Waals surface area contributed by atoms with Crippen molar-refractivity contribution in [3.63, 3.8) is 0 Å². The Kier molecular flexibility index (Phi) is 6.06. The molecule has 0 unspecified atom stereocenters. The molecule has 4 rings (SSSR count). The molecular weight excluding hydrogens is 442 g/mol. The second-order valence-corrected chi connectivity index (χ2v) is 8.53. The molecule has 0 aliphatic carbocycles. The second kappa shape index (κ2) is 8.95. The topological polar surface area (TPSA) is 120 Å². The monoisotopic (exact) mass is 465 g/mol. The Balaban J connectivity index is 1.43. The summed E-state index contributed by atoms with van der Waals surface area (Å²) in [6.07, 6.45) is 2.97. The summed E-state index contributed by atoms with van der Waals surface area (Å²) in [6.45, 7) is 4.07. The van der Waals surface area contributed by atoms with Crippen LogP contribution >= 0.6 is 11.6 Å². The van der Waals surface area contributed by atoms with E-state index in [2.05, 4.69) is 25.6 Å². The number of nitrogens with one attached hydrogen (secondary N) is 2. The van der Waals surface area contributed by atoms with Crippen molar-refractivity contribution < 1.29 is 9.53 Å². The average Bonchev–Trinajstić information content (AvgIpc) is 3.09. The predicted molar refractivity (Wildman–Crippen MR) is 128 cm³/mol. The summed E-state index contributed by atoms with van der Waals surface area (Å²) in [4.78, 5) is 24.3. The Morgan fingerprint density at radius 2 is 1.85 bits per heavy atom. The summed E-state index contributed by atoms with van der Waals surface area (Å²) in [7, 11) is 1.93. The maximum atomic E-state index is 11.6. The van der Waals surface area contributed by atoms with E-state index in [1.165, 1.54) is 12.4 Å². The molecular formula is C23H24ClN7O2. The number of aromatic nitrogens is 4. The number of benzene rings is 2. The largest absolute Gasteiger partial charge is 0.424 e. The molecule has 0 aliphatic rings. The summed E-state index contributed by atoms with van der Waals surface area (Å²) >= 11 is 5.79. The number of nitrogens with two attached hydrogens (primary N) is 1. The molecule has 0 spiro atoms. The van der Waals surface area contributed by atoms with Gasteiger partial charge in [-0.05, 0) is 49.7 Å². The highest BCUT2D eigenvalue weighted by atomic mass is 35.5. The van der Waals surface area contributed by atoms with Crippen molar-refractivity contribution in [3.05, 3.63) is 65.4 Å². The van der Waals surface area contributed by atoms with Gasteiger partial charge in [0.15, 0.2) is 0 Å². The second-order valence-electron chi connectivity index (χ2n) is 8.10. The van der Waals surface area contributed by atoms with E-state index in [1.54, 1.807) is 13.8 Å². The minimum Gasteiger partial charge on any atom is -0.424 e. The van der Waals surface area contributed by atoms with Crippen molar-refractivity contribution in [2.45, 2.75) is 25.9 Å². The number of halogens is 1. The van der Waals surface area contributed by atoms with Crippen LogP contribution in [0.3, 0.4) is 0 Å². The van der Waals surface area contributed by atoms with Crippen molar-refractivity contribution in [3.8, 4) is 11.8 Å². The van der Waals surface area contributed by atoms with E-state index in [1.807, 2.05) is 54.1 Å². The number of imidazole rings is 1. The van der Waals surface area contributed by atoms with Gasteiger partial charge in [0.1, 0.15) is 11.3 Å². The van der Waals surface area contributed by atoms with Crippen LogP contribution in [-0.4, -0.2) is 31.0 Å². The maximum Gasteiger partial charge on any atom is 0.321 e. The molecule has 0 saturated carbocycles. The molecule has 4 N–H and O–H groups in total. The number of aryl methyl sites for hydroxylation is 1. The zero-order chi connectivity index (χ0) is 23.6. The van der Waals surface area contributed by atoms with Crippen LogP contribution in [0.25, 0.3) is 11.0 Å². The number of rotatable bonds is 8. The van der Waals surface area contributed by atoms with E-state index in [0.717, 1.165) is 28.2 Å². The van der Waals surface area contributed by atoms with Gasteiger partial charge in [-0.2, -0.15) is 0 Å². The predicted octanol–water partition coefficient (Wildman–Crippen LogP) is 4.10. The van der Waals surface area contributed by atoms with Gasteiger partial charge in [0, 0.05) is 19.3 Å². The molecule has 10 heteroatoms. The van der Waals surface area contributed by atoms with E-state index in [4.69, 9.17) is 22.1 Å². The lowest BCUT2D eigenvalue weighted by atomic mass is 10.0. The Labute approximate surface area is 196 Å². The summed E-state index contributed by atoms with van der Waals surface area (Å²) in [5.41, 5.74) is 8.22. The zero-order valence-corrected chi connectivity index (χ0v) is 19.2. The molecule has 0 saturated heterocycles. The number of ether oxygens (including phenoxy) is 1. The number of amides is 1. The number of hydrogen-bond acceptors (Lipinski definition) is 7. The lowest BCUT2D eigenvalue weighted by Gasteiger charge is -2.23. The van der Waals surface area contributed by atoms with E-state index >= 15 is 0 Å². The molecule has 33 heavy (non-hydrogen) atoms. The van der Waals surface area contributed by atoms with Crippen LogP contribution in [0.4, 0.5) is 11.6 Å². The zero-order valence-electron chi connectivity index (χ0n) is 18.5.